The quantitative estimate of drug-likeness (QED) is 0.686. The van der Waals surface area contributed by atoms with Crippen LogP contribution in [-0.2, 0) is 0 Å². The number of hydrogen-bond donors (Lipinski definition) is 0. The Hall–Kier alpha value is -0.0800. The summed E-state index contributed by atoms with van der Waals surface area (Å²) in [7, 11) is 0. The second-order valence-corrected chi connectivity index (χ2v) is 6.79. The summed E-state index contributed by atoms with van der Waals surface area (Å²) in [5.74, 6) is 1.65. The van der Waals surface area contributed by atoms with E-state index in [0.29, 0.717) is 0 Å². The predicted octanol–water partition coefficient (Wildman–Crippen LogP) is 3.47. The third kappa shape index (κ3) is 5.71. The highest BCUT2D eigenvalue weighted by atomic mass is 15.3. The van der Waals surface area contributed by atoms with Crippen LogP contribution in [0.15, 0.2) is 0 Å². The molecule has 1 saturated heterocycles. The van der Waals surface area contributed by atoms with E-state index in [2.05, 4.69) is 44.4 Å². The van der Waals surface area contributed by atoms with Gasteiger partial charge in [-0.2, -0.15) is 0 Å². The van der Waals surface area contributed by atoms with Crippen LogP contribution in [0.2, 0.25) is 0 Å². The highest BCUT2D eigenvalue weighted by molar-refractivity contribution is 4.81. The monoisotopic (exact) mass is 254 g/mol. The second-order valence-electron chi connectivity index (χ2n) is 6.79. The van der Waals surface area contributed by atoms with Crippen molar-refractivity contribution < 1.29 is 0 Å². The SMILES string of the molecule is CC[C@H]1CN(CCCC(C)C)CCN1CC(C)C. The van der Waals surface area contributed by atoms with Crippen molar-refractivity contribution in [3.8, 4) is 0 Å². The summed E-state index contributed by atoms with van der Waals surface area (Å²) in [5, 5.41) is 0. The van der Waals surface area contributed by atoms with Gasteiger partial charge in [0.1, 0.15) is 0 Å². The zero-order valence-corrected chi connectivity index (χ0v) is 13.3. The molecule has 0 amide bonds. The smallest absolute Gasteiger partial charge is 0.0221 e. The number of piperazine rings is 1. The molecule has 0 aromatic heterocycles. The highest BCUT2D eigenvalue weighted by Crippen LogP contribution is 2.16. The van der Waals surface area contributed by atoms with Gasteiger partial charge in [-0.3, -0.25) is 4.90 Å². The van der Waals surface area contributed by atoms with Crippen LogP contribution in [0.1, 0.15) is 53.9 Å². The van der Waals surface area contributed by atoms with E-state index >= 15 is 0 Å². The first kappa shape index (κ1) is 16.0. The Kier molecular flexibility index (Phi) is 7.25. The molecule has 0 aromatic rings. The minimum Gasteiger partial charge on any atom is -0.301 e. The molecule has 0 saturated carbocycles. The van der Waals surface area contributed by atoms with E-state index in [1.165, 1.54) is 52.0 Å². The first-order valence-electron chi connectivity index (χ1n) is 7.99. The summed E-state index contributed by atoms with van der Waals surface area (Å²) in [6.45, 7) is 18.1. The molecular formula is C16H34N2. The summed E-state index contributed by atoms with van der Waals surface area (Å²) < 4.78 is 0. The van der Waals surface area contributed by atoms with Crippen molar-refractivity contribution in [2.45, 2.75) is 59.9 Å². The molecule has 18 heavy (non-hydrogen) atoms. The largest absolute Gasteiger partial charge is 0.301 e. The van der Waals surface area contributed by atoms with Crippen LogP contribution in [0.25, 0.3) is 0 Å². The van der Waals surface area contributed by atoms with Crippen molar-refractivity contribution in [2.24, 2.45) is 11.8 Å². The lowest BCUT2D eigenvalue weighted by molar-refractivity contribution is 0.0620. The molecule has 0 bridgehead atoms. The molecule has 0 spiro atoms. The fourth-order valence-electron chi connectivity index (χ4n) is 2.98. The van der Waals surface area contributed by atoms with Gasteiger partial charge >= 0.3 is 0 Å². The van der Waals surface area contributed by atoms with Crippen LogP contribution in [-0.4, -0.2) is 48.6 Å². The Bertz CT molecular complexity index is 213. The maximum atomic E-state index is 2.71. The molecule has 108 valence electrons. The zero-order valence-electron chi connectivity index (χ0n) is 13.3. The van der Waals surface area contributed by atoms with Crippen LogP contribution in [0.4, 0.5) is 0 Å². The van der Waals surface area contributed by atoms with Crippen LogP contribution in [0, 0.1) is 11.8 Å². The van der Waals surface area contributed by atoms with Crippen LogP contribution >= 0.6 is 0 Å². The van der Waals surface area contributed by atoms with Crippen LogP contribution in [0.3, 0.4) is 0 Å². The average molecular weight is 254 g/mol. The minimum atomic E-state index is 0.792. The molecule has 2 nitrogen and oxygen atoms in total. The van der Waals surface area contributed by atoms with Gasteiger partial charge in [-0.05, 0) is 37.6 Å². The topological polar surface area (TPSA) is 6.48 Å². The van der Waals surface area contributed by atoms with E-state index in [0.717, 1.165) is 17.9 Å². The molecule has 1 fully saturated rings. The molecule has 1 atom stereocenters. The number of hydrogen-bond acceptors (Lipinski definition) is 2. The Labute approximate surface area is 115 Å². The molecule has 1 rings (SSSR count). The highest BCUT2D eigenvalue weighted by Gasteiger charge is 2.25. The van der Waals surface area contributed by atoms with E-state index < -0.39 is 0 Å². The summed E-state index contributed by atoms with van der Waals surface area (Å²) in [4.78, 5) is 5.40. The molecule has 2 heteroatoms. The van der Waals surface area contributed by atoms with Gasteiger partial charge in [0, 0.05) is 32.2 Å². The van der Waals surface area contributed by atoms with Crippen LogP contribution in [0.5, 0.6) is 0 Å². The first-order chi connectivity index (χ1) is 8.52. The molecule has 0 N–H and O–H groups in total. The number of nitrogens with zero attached hydrogens (tertiary/aromatic N) is 2. The third-order valence-corrected chi connectivity index (χ3v) is 4.02. The van der Waals surface area contributed by atoms with Gasteiger partial charge in [0.15, 0.2) is 0 Å². The van der Waals surface area contributed by atoms with Gasteiger partial charge in [0.05, 0.1) is 0 Å². The van der Waals surface area contributed by atoms with Crippen molar-refractivity contribution in [1.82, 2.24) is 9.80 Å². The Morgan fingerprint density at radius 1 is 1.06 bits per heavy atom. The van der Waals surface area contributed by atoms with E-state index in [1.54, 1.807) is 0 Å². The van der Waals surface area contributed by atoms with Crippen molar-refractivity contribution >= 4 is 0 Å². The first-order valence-corrected chi connectivity index (χ1v) is 7.99. The Balaban J connectivity index is 2.31. The fourth-order valence-corrected chi connectivity index (χ4v) is 2.98. The lowest BCUT2D eigenvalue weighted by atomic mass is 10.0. The minimum absolute atomic E-state index is 0.792. The molecule has 0 unspecified atom stereocenters. The molecule has 0 radical (unpaired) electrons. The number of rotatable bonds is 7. The van der Waals surface area contributed by atoms with Gasteiger partial charge in [0.2, 0.25) is 0 Å². The van der Waals surface area contributed by atoms with E-state index in [-0.39, 0.29) is 0 Å². The molecular weight excluding hydrogens is 220 g/mol. The lowest BCUT2D eigenvalue weighted by Gasteiger charge is -2.42. The summed E-state index contributed by atoms with van der Waals surface area (Å²) in [6, 6.07) is 0.792. The Morgan fingerprint density at radius 3 is 2.33 bits per heavy atom. The van der Waals surface area contributed by atoms with Gasteiger partial charge < -0.3 is 4.90 Å². The molecule has 0 aliphatic carbocycles. The molecule has 0 aromatic carbocycles. The van der Waals surface area contributed by atoms with Gasteiger partial charge in [-0.1, -0.05) is 34.6 Å². The van der Waals surface area contributed by atoms with Gasteiger partial charge in [-0.15, -0.1) is 0 Å². The van der Waals surface area contributed by atoms with Crippen molar-refractivity contribution in [2.75, 3.05) is 32.7 Å². The lowest BCUT2D eigenvalue weighted by Crippen LogP contribution is -2.53. The van der Waals surface area contributed by atoms with E-state index in [1.807, 2.05) is 0 Å². The summed E-state index contributed by atoms with van der Waals surface area (Å²) in [5.41, 5.74) is 0. The van der Waals surface area contributed by atoms with E-state index in [4.69, 9.17) is 0 Å². The van der Waals surface area contributed by atoms with Gasteiger partial charge in [0.25, 0.3) is 0 Å². The average Bonchev–Trinajstić information content (AvgIpc) is 2.29. The zero-order chi connectivity index (χ0) is 13.5. The van der Waals surface area contributed by atoms with Crippen molar-refractivity contribution in [1.29, 1.82) is 0 Å². The molecule has 1 aliphatic rings. The van der Waals surface area contributed by atoms with Crippen molar-refractivity contribution in [3.63, 3.8) is 0 Å². The van der Waals surface area contributed by atoms with Crippen molar-refractivity contribution in [3.05, 3.63) is 0 Å². The molecule has 1 aliphatic heterocycles. The van der Waals surface area contributed by atoms with Crippen LogP contribution < -0.4 is 0 Å². The summed E-state index contributed by atoms with van der Waals surface area (Å²) in [6.07, 6.45) is 4.05. The maximum Gasteiger partial charge on any atom is 0.0221 e. The second kappa shape index (κ2) is 8.16. The summed E-state index contributed by atoms with van der Waals surface area (Å²) >= 11 is 0. The molecule has 1 heterocycles. The Morgan fingerprint density at radius 2 is 1.78 bits per heavy atom. The predicted molar refractivity (Wildman–Crippen MR) is 81.0 cm³/mol. The standard InChI is InChI=1S/C16H34N2/c1-6-16-13-17(9-7-8-14(2)3)10-11-18(16)12-15(4)5/h14-16H,6-13H2,1-5H3/t16-/m0/s1. The maximum absolute atomic E-state index is 2.71. The fraction of sp³-hybridized carbons (Fsp3) is 1.00. The third-order valence-electron chi connectivity index (χ3n) is 4.02. The van der Waals surface area contributed by atoms with E-state index in [9.17, 15) is 0 Å². The van der Waals surface area contributed by atoms with Gasteiger partial charge in [-0.25, -0.2) is 0 Å². The normalized spacial score (nSPS) is 23.2.